The maximum atomic E-state index is 11.0. The van der Waals surface area contributed by atoms with Crippen LogP contribution < -0.4 is 10.6 Å². The van der Waals surface area contributed by atoms with Crippen LogP contribution in [0.3, 0.4) is 0 Å². The van der Waals surface area contributed by atoms with E-state index in [0.717, 1.165) is 32.4 Å². The van der Waals surface area contributed by atoms with Crippen molar-refractivity contribution in [3.8, 4) is 0 Å². The van der Waals surface area contributed by atoms with E-state index in [2.05, 4.69) is 15.6 Å². The highest BCUT2D eigenvalue weighted by Gasteiger charge is 2.23. The number of hydrogen-bond acceptors (Lipinski definition) is 6. The predicted octanol–water partition coefficient (Wildman–Crippen LogP) is 2.79. The summed E-state index contributed by atoms with van der Waals surface area (Å²) in [5.74, 6) is 1.03. The molecule has 2 unspecified atom stereocenters. The summed E-state index contributed by atoms with van der Waals surface area (Å²) in [6, 6.07) is 2.99. The van der Waals surface area contributed by atoms with Gasteiger partial charge < -0.3 is 15.4 Å². The van der Waals surface area contributed by atoms with Gasteiger partial charge in [0.15, 0.2) is 0 Å². The zero-order valence-corrected chi connectivity index (χ0v) is 12.5. The normalized spacial score (nSPS) is 19.2. The Morgan fingerprint density at radius 3 is 2.90 bits per heavy atom. The summed E-state index contributed by atoms with van der Waals surface area (Å²) in [5.41, 5.74) is 0.0330. The van der Waals surface area contributed by atoms with Crippen LogP contribution in [0.4, 0.5) is 17.3 Å². The predicted molar refractivity (Wildman–Crippen MR) is 81.7 cm³/mol. The Morgan fingerprint density at radius 1 is 1.52 bits per heavy atom. The number of anilines is 2. The van der Waals surface area contributed by atoms with Crippen molar-refractivity contribution in [2.24, 2.45) is 0 Å². The summed E-state index contributed by atoms with van der Waals surface area (Å²) in [4.78, 5) is 15.0. The van der Waals surface area contributed by atoms with Crippen molar-refractivity contribution in [1.82, 2.24) is 4.98 Å². The second-order valence-corrected chi connectivity index (χ2v) is 5.26. The van der Waals surface area contributed by atoms with Crippen molar-refractivity contribution in [1.29, 1.82) is 0 Å². The van der Waals surface area contributed by atoms with Crippen molar-refractivity contribution >= 4 is 17.3 Å². The number of ether oxygens (including phenoxy) is 1. The summed E-state index contributed by atoms with van der Waals surface area (Å²) in [7, 11) is 0. The zero-order chi connectivity index (χ0) is 15.2. The van der Waals surface area contributed by atoms with Gasteiger partial charge in [-0.2, -0.15) is 0 Å². The molecule has 0 saturated carbocycles. The van der Waals surface area contributed by atoms with Crippen LogP contribution in [0, 0.1) is 10.1 Å². The van der Waals surface area contributed by atoms with Gasteiger partial charge in [-0.3, -0.25) is 10.1 Å². The molecule has 1 aliphatic rings. The van der Waals surface area contributed by atoms with E-state index in [4.69, 9.17) is 4.74 Å². The van der Waals surface area contributed by atoms with Gasteiger partial charge in [0.2, 0.25) is 0 Å². The van der Waals surface area contributed by atoms with Crippen LogP contribution in [0.5, 0.6) is 0 Å². The Hall–Kier alpha value is -1.89. The average molecular weight is 294 g/mol. The van der Waals surface area contributed by atoms with E-state index in [9.17, 15) is 10.1 Å². The van der Waals surface area contributed by atoms with E-state index in [1.54, 1.807) is 0 Å². The maximum absolute atomic E-state index is 11.0. The van der Waals surface area contributed by atoms with E-state index in [-0.39, 0.29) is 17.8 Å². The first-order chi connectivity index (χ1) is 10.1. The molecule has 21 heavy (non-hydrogen) atoms. The summed E-state index contributed by atoms with van der Waals surface area (Å²) in [6.45, 7) is 5.55. The molecule has 0 radical (unpaired) electrons. The Labute approximate surface area is 124 Å². The largest absolute Gasteiger partial charge is 0.376 e. The Balaban J connectivity index is 2.12. The van der Waals surface area contributed by atoms with E-state index in [1.165, 1.54) is 12.1 Å². The first kappa shape index (κ1) is 15.5. The molecule has 2 rings (SSSR count). The molecule has 0 aliphatic carbocycles. The molecule has 0 aromatic carbocycles. The highest BCUT2D eigenvalue weighted by molar-refractivity contribution is 5.55. The molecular formula is C14H22N4O3. The molecule has 2 atom stereocenters. The number of hydrogen-bond donors (Lipinski definition) is 2. The number of rotatable bonds is 7. The molecule has 1 saturated heterocycles. The summed E-state index contributed by atoms with van der Waals surface area (Å²) >= 11 is 0. The summed E-state index contributed by atoms with van der Waals surface area (Å²) in [5, 5.41) is 17.3. The third-order valence-electron chi connectivity index (χ3n) is 3.48. The molecule has 116 valence electrons. The van der Waals surface area contributed by atoms with Crippen LogP contribution in [0.15, 0.2) is 12.1 Å². The number of aromatic nitrogens is 1. The minimum atomic E-state index is -0.402. The fourth-order valence-corrected chi connectivity index (χ4v) is 2.36. The number of nitrogens with zero attached hydrogens (tertiary/aromatic N) is 2. The smallest absolute Gasteiger partial charge is 0.276 e. The van der Waals surface area contributed by atoms with Gasteiger partial charge in [-0.15, -0.1) is 0 Å². The Morgan fingerprint density at radius 2 is 2.29 bits per heavy atom. The molecule has 1 aliphatic heterocycles. The van der Waals surface area contributed by atoms with Gasteiger partial charge in [0.05, 0.1) is 29.2 Å². The lowest BCUT2D eigenvalue weighted by molar-refractivity contribution is -0.384. The highest BCUT2D eigenvalue weighted by atomic mass is 16.6. The third kappa shape index (κ3) is 4.29. The lowest BCUT2D eigenvalue weighted by Crippen LogP contribution is -2.30. The molecular weight excluding hydrogens is 272 g/mol. The number of nitro groups is 1. The van der Waals surface area contributed by atoms with Crippen molar-refractivity contribution in [2.45, 2.75) is 45.3 Å². The number of nitrogens with one attached hydrogen (secondary N) is 2. The maximum Gasteiger partial charge on any atom is 0.276 e. The minimum absolute atomic E-state index is 0.0330. The lowest BCUT2D eigenvalue weighted by atomic mass is 10.1. The number of pyridine rings is 1. The average Bonchev–Trinajstić information content (AvgIpc) is 2.99. The molecule has 0 spiro atoms. The van der Waals surface area contributed by atoms with Crippen LogP contribution >= 0.6 is 0 Å². The van der Waals surface area contributed by atoms with Crippen LogP contribution in [-0.2, 0) is 4.74 Å². The molecule has 1 aromatic rings. The minimum Gasteiger partial charge on any atom is -0.376 e. The second kappa shape index (κ2) is 7.21. The SMILES string of the molecule is CCCNc1cc([N+](=O)[O-])cc(NC(C)C2CCCO2)n1. The topological polar surface area (TPSA) is 89.3 Å². The van der Waals surface area contributed by atoms with Crippen molar-refractivity contribution in [2.75, 3.05) is 23.8 Å². The van der Waals surface area contributed by atoms with Gasteiger partial charge in [0, 0.05) is 13.2 Å². The quantitative estimate of drug-likeness (QED) is 0.593. The molecule has 7 nitrogen and oxygen atoms in total. The second-order valence-electron chi connectivity index (χ2n) is 5.26. The fraction of sp³-hybridized carbons (Fsp3) is 0.643. The molecule has 1 aromatic heterocycles. The van der Waals surface area contributed by atoms with Gasteiger partial charge in [0.25, 0.3) is 5.69 Å². The van der Waals surface area contributed by atoms with E-state index in [1.807, 2.05) is 13.8 Å². The third-order valence-corrected chi connectivity index (χ3v) is 3.48. The van der Waals surface area contributed by atoms with E-state index in [0.29, 0.717) is 11.6 Å². The summed E-state index contributed by atoms with van der Waals surface area (Å²) < 4.78 is 5.62. The molecule has 2 heterocycles. The Kier molecular flexibility index (Phi) is 5.32. The van der Waals surface area contributed by atoms with Crippen molar-refractivity contribution in [3.63, 3.8) is 0 Å². The molecule has 2 N–H and O–H groups in total. The standard InChI is InChI=1S/C14H22N4O3/c1-3-6-15-13-8-11(18(19)20)9-14(17-13)16-10(2)12-5-4-7-21-12/h8-10,12H,3-7H2,1-2H3,(H2,15,16,17). The lowest BCUT2D eigenvalue weighted by Gasteiger charge is -2.20. The van der Waals surface area contributed by atoms with Crippen molar-refractivity contribution < 1.29 is 9.66 Å². The monoisotopic (exact) mass is 294 g/mol. The van der Waals surface area contributed by atoms with E-state index < -0.39 is 4.92 Å². The molecule has 1 fully saturated rings. The van der Waals surface area contributed by atoms with Gasteiger partial charge in [-0.25, -0.2) is 4.98 Å². The first-order valence-electron chi connectivity index (χ1n) is 7.38. The molecule has 0 bridgehead atoms. The first-order valence-corrected chi connectivity index (χ1v) is 7.38. The zero-order valence-electron chi connectivity index (χ0n) is 12.5. The van der Waals surface area contributed by atoms with Crippen LogP contribution in [0.1, 0.15) is 33.1 Å². The van der Waals surface area contributed by atoms with Crippen molar-refractivity contribution in [3.05, 3.63) is 22.2 Å². The fourth-order valence-electron chi connectivity index (χ4n) is 2.36. The molecule has 7 heteroatoms. The summed E-state index contributed by atoms with van der Waals surface area (Å²) in [6.07, 6.45) is 3.13. The van der Waals surface area contributed by atoms with Gasteiger partial charge in [-0.05, 0) is 26.2 Å². The van der Waals surface area contributed by atoms with Gasteiger partial charge in [-0.1, -0.05) is 6.92 Å². The van der Waals surface area contributed by atoms with Gasteiger partial charge >= 0.3 is 0 Å². The highest BCUT2D eigenvalue weighted by Crippen LogP contribution is 2.23. The van der Waals surface area contributed by atoms with Crippen LogP contribution in [0.2, 0.25) is 0 Å². The van der Waals surface area contributed by atoms with E-state index >= 15 is 0 Å². The van der Waals surface area contributed by atoms with Crippen LogP contribution in [-0.4, -0.2) is 35.2 Å². The van der Waals surface area contributed by atoms with Gasteiger partial charge in [0.1, 0.15) is 11.6 Å². The van der Waals surface area contributed by atoms with Crippen LogP contribution in [0.25, 0.3) is 0 Å². The molecule has 0 amide bonds. The Bertz CT molecular complexity index is 489.